The topological polar surface area (TPSA) is 138 Å². The number of primary amides is 1. The largest absolute Gasteiger partial charge is 0.460 e. The van der Waals surface area contributed by atoms with E-state index in [0.717, 1.165) is 12.1 Å². The predicted molar refractivity (Wildman–Crippen MR) is 148 cm³/mol. The number of nitrogens with zero attached hydrogens (tertiary/aromatic N) is 5. The first kappa shape index (κ1) is 30.2. The minimum absolute atomic E-state index is 0.000202. The van der Waals surface area contributed by atoms with Gasteiger partial charge < -0.3 is 15.8 Å². The van der Waals surface area contributed by atoms with Gasteiger partial charge in [0.2, 0.25) is 5.95 Å². The molecule has 2 aromatic carbocycles. The van der Waals surface area contributed by atoms with E-state index in [-0.39, 0.29) is 29.9 Å². The number of aromatic nitrogens is 5. The zero-order valence-electron chi connectivity index (χ0n) is 23.3. The summed E-state index contributed by atoms with van der Waals surface area (Å²) in [7, 11) is 0. The zero-order valence-corrected chi connectivity index (χ0v) is 23.3. The lowest BCUT2D eigenvalue weighted by molar-refractivity contribution is -0.155. The maximum atomic E-state index is 14.3. The van der Waals surface area contributed by atoms with Crippen LogP contribution in [-0.2, 0) is 22.5 Å². The van der Waals surface area contributed by atoms with E-state index in [1.807, 2.05) is 0 Å². The molecule has 0 bridgehead atoms. The Morgan fingerprint density at radius 3 is 2.48 bits per heavy atom. The second-order valence-corrected chi connectivity index (χ2v) is 10.6. The van der Waals surface area contributed by atoms with Gasteiger partial charge in [-0.15, -0.1) is 5.10 Å². The van der Waals surface area contributed by atoms with E-state index in [1.54, 1.807) is 37.8 Å². The summed E-state index contributed by atoms with van der Waals surface area (Å²) in [6.07, 6.45) is 4.49. The Morgan fingerprint density at radius 2 is 1.83 bits per heavy atom. The highest BCUT2D eigenvalue weighted by Crippen LogP contribution is 2.34. The van der Waals surface area contributed by atoms with Crippen LogP contribution in [0.15, 0.2) is 55.0 Å². The summed E-state index contributed by atoms with van der Waals surface area (Å²) in [5, 5.41) is 10.8. The maximum Gasteiger partial charge on any atom is 0.306 e. The number of benzene rings is 2. The summed E-state index contributed by atoms with van der Waals surface area (Å²) in [6, 6.07) is 6.88. The molecule has 0 unspecified atom stereocenters. The number of hydrogen-bond acceptors (Lipinski definition) is 8. The highest BCUT2D eigenvalue weighted by atomic mass is 19.1. The lowest BCUT2D eigenvalue weighted by Crippen LogP contribution is -2.26. The quantitative estimate of drug-likeness (QED) is 0.248. The summed E-state index contributed by atoms with van der Waals surface area (Å²) in [5.74, 6) is -4.45. The van der Waals surface area contributed by atoms with Gasteiger partial charge in [-0.1, -0.05) is 11.3 Å². The standard InChI is InChI=1S/C29H30F3N7O3/c1-29(2,3)42-25(40)14-19(10-17-11-20(30)15-21(31)12-17)26-23(18-4-5-24(32)22(13-18)27(33)41)16-35-28(37-26)34-6-8-39-9-7-36-38-39/h4-5,7,9,11-13,15-16,19H,6,8,10,14H2,1-3H3,(H2,33,41)(H,34,35,37)/t19-/m1/s1. The summed E-state index contributed by atoms with van der Waals surface area (Å²) < 4.78 is 49.7. The van der Waals surface area contributed by atoms with Gasteiger partial charge in [0.15, 0.2) is 0 Å². The average molecular weight is 582 g/mol. The molecule has 42 heavy (non-hydrogen) atoms. The number of anilines is 1. The monoisotopic (exact) mass is 581 g/mol. The summed E-state index contributed by atoms with van der Waals surface area (Å²) in [6.45, 7) is 5.98. The lowest BCUT2D eigenvalue weighted by atomic mass is 9.88. The highest BCUT2D eigenvalue weighted by Gasteiger charge is 2.27. The van der Waals surface area contributed by atoms with Crippen molar-refractivity contribution in [3.05, 3.63) is 89.3 Å². The Balaban J connectivity index is 1.79. The molecule has 0 saturated carbocycles. The first-order valence-corrected chi connectivity index (χ1v) is 13.1. The number of nitrogens with two attached hydrogens (primary N) is 1. The van der Waals surface area contributed by atoms with Crippen LogP contribution in [0, 0.1) is 17.5 Å². The second kappa shape index (κ2) is 12.8. The van der Waals surface area contributed by atoms with Crippen molar-refractivity contribution in [2.45, 2.75) is 51.7 Å². The molecule has 0 aliphatic carbocycles. The van der Waals surface area contributed by atoms with Crippen molar-refractivity contribution in [2.24, 2.45) is 5.73 Å². The van der Waals surface area contributed by atoms with Gasteiger partial charge in [-0.3, -0.25) is 14.3 Å². The summed E-state index contributed by atoms with van der Waals surface area (Å²) in [4.78, 5) is 34.0. The fourth-order valence-electron chi connectivity index (χ4n) is 4.39. The van der Waals surface area contributed by atoms with Crippen molar-refractivity contribution >= 4 is 17.8 Å². The van der Waals surface area contributed by atoms with Gasteiger partial charge >= 0.3 is 5.97 Å². The maximum absolute atomic E-state index is 14.3. The van der Waals surface area contributed by atoms with Crippen molar-refractivity contribution in [3.8, 4) is 11.1 Å². The van der Waals surface area contributed by atoms with Gasteiger partial charge in [0.1, 0.15) is 23.1 Å². The van der Waals surface area contributed by atoms with Gasteiger partial charge in [0.25, 0.3) is 5.91 Å². The highest BCUT2D eigenvalue weighted by molar-refractivity contribution is 5.94. The van der Waals surface area contributed by atoms with Crippen LogP contribution in [0.4, 0.5) is 19.1 Å². The van der Waals surface area contributed by atoms with Crippen LogP contribution in [0.5, 0.6) is 0 Å². The number of esters is 1. The Kier molecular flexibility index (Phi) is 9.18. The number of halogens is 3. The minimum Gasteiger partial charge on any atom is -0.460 e. The van der Waals surface area contributed by atoms with Crippen molar-refractivity contribution in [3.63, 3.8) is 0 Å². The Labute approximate surface area is 240 Å². The first-order valence-electron chi connectivity index (χ1n) is 13.1. The molecule has 0 aliphatic rings. The Hall–Kier alpha value is -4.81. The SMILES string of the molecule is CC(C)(C)OC(=O)C[C@@H](Cc1cc(F)cc(F)c1)c1nc(NCCn2ccnn2)ncc1-c1ccc(F)c(C(N)=O)c1. The lowest BCUT2D eigenvalue weighted by Gasteiger charge is -2.24. The molecule has 13 heteroatoms. The minimum atomic E-state index is -0.969. The first-order chi connectivity index (χ1) is 19.9. The summed E-state index contributed by atoms with van der Waals surface area (Å²) in [5.41, 5.74) is 5.55. The fourth-order valence-corrected chi connectivity index (χ4v) is 4.39. The van der Waals surface area contributed by atoms with Crippen molar-refractivity contribution < 1.29 is 27.5 Å². The number of rotatable bonds is 11. The van der Waals surface area contributed by atoms with Gasteiger partial charge in [-0.2, -0.15) is 0 Å². The Morgan fingerprint density at radius 1 is 1.10 bits per heavy atom. The van der Waals surface area contributed by atoms with E-state index >= 15 is 0 Å². The summed E-state index contributed by atoms with van der Waals surface area (Å²) >= 11 is 0. The van der Waals surface area contributed by atoms with E-state index in [2.05, 4.69) is 25.6 Å². The van der Waals surface area contributed by atoms with E-state index < -0.39 is 40.8 Å². The third-order valence-corrected chi connectivity index (χ3v) is 6.08. The van der Waals surface area contributed by atoms with Gasteiger partial charge in [0, 0.05) is 36.5 Å². The van der Waals surface area contributed by atoms with Crippen molar-refractivity contribution in [1.82, 2.24) is 25.0 Å². The van der Waals surface area contributed by atoms with Crippen molar-refractivity contribution in [1.29, 1.82) is 0 Å². The Bertz CT molecular complexity index is 1550. The molecule has 1 atom stereocenters. The molecule has 4 rings (SSSR count). The molecule has 0 fully saturated rings. The fraction of sp³-hybridized carbons (Fsp3) is 0.310. The van der Waals surface area contributed by atoms with Crippen LogP contribution in [0.3, 0.4) is 0 Å². The third-order valence-electron chi connectivity index (χ3n) is 6.08. The molecule has 0 spiro atoms. The average Bonchev–Trinajstić information content (AvgIpc) is 3.40. The van der Waals surface area contributed by atoms with Crippen LogP contribution >= 0.6 is 0 Å². The van der Waals surface area contributed by atoms with E-state index in [9.17, 15) is 22.8 Å². The molecule has 2 aromatic heterocycles. The second-order valence-electron chi connectivity index (χ2n) is 10.6. The molecule has 0 saturated heterocycles. The van der Waals surface area contributed by atoms with Gasteiger partial charge in [-0.25, -0.2) is 23.1 Å². The number of nitrogens with one attached hydrogen (secondary N) is 1. The third kappa shape index (κ3) is 8.12. The van der Waals surface area contributed by atoms with E-state index in [4.69, 9.17) is 10.5 Å². The molecule has 1 amide bonds. The smallest absolute Gasteiger partial charge is 0.306 e. The van der Waals surface area contributed by atoms with Gasteiger partial charge in [-0.05, 0) is 62.6 Å². The predicted octanol–water partition coefficient (Wildman–Crippen LogP) is 4.42. The molecule has 3 N–H and O–H groups in total. The molecule has 0 aliphatic heterocycles. The van der Waals surface area contributed by atoms with E-state index in [1.165, 1.54) is 30.5 Å². The van der Waals surface area contributed by atoms with Crippen LogP contribution in [0.2, 0.25) is 0 Å². The molecule has 2 heterocycles. The number of amides is 1. The van der Waals surface area contributed by atoms with Crippen LogP contribution < -0.4 is 11.1 Å². The number of hydrogen-bond donors (Lipinski definition) is 2. The van der Waals surface area contributed by atoms with Crippen molar-refractivity contribution in [2.75, 3.05) is 11.9 Å². The van der Waals surface area contributed by atoms with Crippen LogP contribution in [-0.4, -0.2) is 49.0 Å². The number of carbonyl (C=O) groups excluding carboxylic acids is 2. The molecule has 220 valence electrons. The molecule has 10 nitrogen and oxygen atoms in total. The molecular formula is C29H30F3N7O3. The zero-order chi connectivity index (χ0) is 30.4. The van der Waals surface area contributed by atoms with Crippen LogP contribution in [0.25, 0.3) is 11.1 Å². The van der Waals surface area contributed by atoms with Gasteiger partial charge in [0.05, 0.1) is 30.4 Å². The van der Waals surface area contributed by atoms with Crippen LogP contribution in [0.1, 0.15) is 54.7 Å². The normalized spacial score (nSPS) is 12.1. The number of carbonyl (C=O) groups is 2. The van der Waals surface area contributed by atoms with E-state index in [0.29, 0.717) is 29.9 Å². The molecule has 4 aromatic rings. The molecular weight excluding hydrogens is 551 g/mol. The molecule has 0 radical (unpaired) electrons. The number of ether oxygens (including phenoxy) is 1.